The first-order valence-electron chi connectivity index (χ1n) is 10.5. The zero-order chi connectivity index (χ0) is 20.3. The molecule has 1 unspecified atom stereocenters. The standard InChI is InChI=1S/C25H40O2/c1-7-8-9-18-27-24(26)19-21(3)13-10-12-20(2)15-16-23-22(4)14-11-17-25(23,5)6/h10,12-13,15-16,19,24,26H,7-9,11,14,17-18H2,1-6H3. The van der Waals surface area contributed by atoms with Gasteiger partial charge in [0.25, 0.3) is 0 Å². The largest absolute Gasteiger partial charge is 0.365 e. The molecule has 0 fully saturated rings. The molecule has 0 aromatic rings. The highest BCUT2D eigenvalue weighted by Crippen LogP contribution is 2.40. The topological polar surface area (TPSA) is 29.5 Å². The second-order valence-electron chi connectivity index (χ2n) is 8.41. The molecule has 0 radical (unpaired) electrons. The molecule has 0 heterocycles. The summed E-state index contributed by atoms with van der Waals surface area (Å²) in [4.78, 5) is 0. The molecule has 0 aromatic carbocycles. The summed E-state index contributed by atoms with van der Waals surface area (Å²) < 4.78 is 5.39. The van der Waals surface area contributed by atoms with Gasteiger partial charge in [0.05, 0.1) is 6.61 Å². The second-order valence-corrected chi connectivity index (χ2v) is 8.41. The maximum Gasteiger partial charge on any atom is 0.174 e. The van der Waals surface area contributed by atoms with Crippen LogP contribution in [0.4, 0.5) is 0 Å². The van der Waals surface area contributed by atoms with Crippen LogP contribution in [0.2, 0.25) is 0 Å². The summed E-state index contributed by atoms with van der Waals surface area (Å²) in [5, 5.41) is 9.87. The van der Waals surface area contributed by atoms with E-state index < -0.39 is 6.29 Å². The van der Waals surface area contributed by atoms with Gasteiger partial charge in [-0.3, -0.25) is 0 Å². The molecule has 0 aliphatic heterocycles. The van der Waals surface area contributed by atoms with Crippen LogP contribution in [0.15, 0.2) is 58.7 Å². The van der Waals surface area contributed by atoms with Gasteiger partial charge in [0.2, 0.25) is 0 Å². The van der Waals surface area contributed by atoms with E-state index in [2.05, 4.69) is 52.8 Å². The van der Waals surface area contributed by atoms with Crippen molar-refractivity contribution < 1.29 is 9.84 Å². The third-order valence-corrected chi connectivity index (χ3v) is 5.22. The minimum Gasteiger partial charge on any atom is -0.365 e. The molecule has 0 saturated carbocycles. The monoisotopic (exact) mass is 372 g/mol. The number of unbranched alkanes of at least 4 members (excludes halogenated alkanes) is 2. The average Bonchev–Trinajstić information content (AvgIpc) is 2.57. The van der Waals surface area contributed by atoms with E-state index in [4.69, 9.17) is 4.74 Å². The molecular formula is C25H40O2. The van der Waals surface area contributed by atoms with Crippen LogP contribution in [0.25, 0.3) is 0 Å². The van der Waals surface area contributed by atoms with Gasteiger partial charge in [-0.15, -0.1) is 0 Å². The van der Waals surface area contributed by atoms with Crippen molar-refractivity contribution in [2.24, 2.45) is 5.41 Å². The molecule has 1 rings (SSSR count). The first-order valence-corrected chi connectivity index (χ1v) is 10.5. The number of rotatable bonds is 10. The van der Waals surface area contributed by atoms with Gasteiger partial charge in [0.15, 0.2) is 6.29 Å². The summed E-state index contributed by atoms with van der Waals surface area (Å²) in [7, 11) is 0. The Labute approximate surface area is 167 Å². The van der Waals surface area contributed by atoms with Gasteiger partial charge in [-0.25, -0.2) is 0 Å². The summed E-state index contributed by atoms with van der Waals surface area (Å²) in [5.74, 6) is 0. The van der Waals surface area contributed by atoms with Gasteiger partial charge >= 0.3 is 0 Å². The van der Waals surface area contributed by atoms with Crippen molar-refractivity contribution >= 4 is 0 Å². The molecule has 1 N–H and O–H groups in total. The van der Waals surface area contributed by atoms with Gasteiger partial charge in [0, 0.05) is 0 Å². The normalized spacial score (nSPS) is 20.1. The maximum atomic E-state index is 9.87. The van der Waals surface area contributed by atoms with E-state index in [0.29, 0.717) is 6.61 Å². The zero-order valence-electron chi connectivity index (χ0n) is 18.3. The third kappa shape index (κ3) is 9.39. The highest BCUT2D eigenvalue weighted by molar-refractivity contribution is 5.37. The third-order valence-electron chi connectivity index (χ3n) is 5.22. The molecule has 1 atom stereocenters. The van der Waals surface area contributed by atoms with E-state index in [-0.39, 0.29) is 5.41 Å². The van der Waals surface area contributed by atoms with Crippen molar-refractivity contribution in [2.45, 2.75) is 86.4 Å². The predicted molar refractivity (Wildman–Crippen MR) is 118 cm³/mol. The summed E-state index contributed by atoms with van der Waals surface area (Å²) in [5.41, 5.74) is 5.51. The van der Waals surface area contributed by atoms with Crippen LogP contribution in [0.1, 0.15) is 80.1 Å². The van der Waals surface area contributed by atoms with Crippen LogP contribution in [0.5, 0.6) is 0 Å². The van der Waals surface area contributed by atoms with Gasteiger partial charge < -0.3 is 9.84 Å². The van der Waals surface area contributed by atoms with Crippen LogP contribution in [0.3, 0.4) is 0 Å². The quantitative estimate of drug-likeness (QED) is 0.253. The van der Waals surface area contributed by atoms with Crippen LogP contribution in [-0.4, -0.2) is 18.0 Å². The van der Waals surface area contributed by atoms with Crippen LogP contribution >= 0.6 is 0 Å². The summed E-state index contributed by atoms with van der Waals surface area (Å²) in [6.07, 6.45) is 18.7. The fourth-order valence-corrected chi connectivity index (χ4v) is 3.52. The Morgan fingerprint density at radius 3 is 2.59 bits per heavy atom. The summed E-state index contributed by atoms with van der Waals surface area (Å²) in [6.45, 7) is 13.8. The molecule has 27 heavy (non-hydrogen) atoms. The molecular weight excluding hydrogens is 332 g/mol. The lowest BCUT2D eigenvalue weighted by atomic mass is 9.72. The fraction of sp³-hybridized carbons (Fsp3) is 0.600. The highest BCUT2D eigenvalue weighted by Gasteiger charge is 2.26. The van der Waals surface area contributed by atoms with Gasteiger partial charge in [-0.1, -0.05) is 80.7 Å². The molecule has 0 aromatic heterocycles. The fourth-order valence-electron chi connectivity index (χ4n) is 3.52. The SMILES string of the molecule is CCCCCOC(O)C=C(C)C=CC=C(C)C=CC1=C(C)CCCC1(C)C. The average molecular weight is 373 g/mol. The van der Waals surface area contributed by atoms with Crippen molar-refractivity contribution in [3.63, 3.8) is 0 Å². The molecule has 0 amide bonds. The minimum atomic E-state index is -0.820. The van der Waals surface area contributed by atoms with Crippen molar-refractivity contribution in [1.82, 2.24) is 0 Å². The molecule has 1 aliphatic carbocycles. The number of hydrogen-bond donors (Lipinski definition) is 1. The van der Waals surface area contributed by atoms with E-state index in [0.717, 1.165) is 24.8 Å². The van der Waals surface area contributed by atoms with Crippen LogP contribution in [0, 0.1) is 5.41 Å². The Hall–Kier alpha value is -1.38. The first-order chi connectivity index (χ1) is 12.8. The summed E-state index contributed by atoms with van der Waals surface area (Å²) in [6, 6.07) is 0. The number of aliphatic hydroxyl groups is 1. The van der Waals surface area contributed by atoms with E-state index >= 15 is 0 Å². The Morgan fingerprint density at radius 2 is 1.93 bits per heavy atom. The lowest BCUT2D eigenvalue weighted by molar-refractivity contribution is -0.0653. The van der Waals surface area contributed by atoms with Gasteiger partial charge in [0.1, 0.15) is 0 Å². The lowest BCUT2D eigenvalue weighted by Crippen LogP contribution is -2.19. The number of hydrogen-bond acceptors (Lipinski definition) is 2. The van der Waals surface area contributed by atoms with Crippen molar-refractivity contribution in [3.8, 4) is 0 Å². The Morgan fingerprint density at radius 1 is 1.19 bits per heavy atom. The maximum absolute atomic E-state index is 9.87. The van der Waals surface area contributed by atoms with Crippen molar-refractivity contribution in [1.29, 1.82) is 0 Å². The smallest absolute Gasteiger partial charge is 0.174 e. The van der Waals surface area contributed by atoms with E-state index in [1.807, 2.05) is 19.1 Å². The summed E-state index contributed by atoms with van der Waals surface area (Å²) >= 11 is 0. The van der Waals surface area contributed by atoms with Gasteiger partial charge in [-0.2, -0.15) is 0 Å². The minimum absolute atomic E-state index is 0.279. The Bertz CT molecular complexity index is 600. The number of ether oxygens (including phenoxy) is 1. The first kappa shape index (κ1) is 23.7. The zero-order valence-corrected chi connectivity index (χ0v) is 18.3. The predicted octanol–water partition coefficient (Wildman–Crippen LogP) is 7.04. The second kappa shape index (κ2) is 12.2. The Balaban J connectivity index is 2.58. The van der Waals surface area contributed by atoms with Crippen molar-refractivity contribution in [2.75, 3.05) is 6.61 Å². The van der Waals surface area contributed by atoms with E-state index in [1.165, 1.54) is 36.0 Å². The molecule has 2 nitrogen and oxygen atoms in total. The molecule has 2 heteroatoms. The number of allylic oxidation sites excluding steroid dienone is 9. The molecule has 0 spiro atoms. The lowest BCUT2D eigenvalue weighted by Gasteiger charge is -2.32. The molecule has 152 valence electrons. The molecule has 1 aliphatic rings. The van der Waals surface area contributed by atoms with Crippen LogP contribution in [-0.2, 0) is 4.74 Å². The van der Waals surface area contributed by atoms with Gasteiger partial charge in [-0.05, 0) is 63.5 Å². The van der Waals surface area contributed by atoms with E-state index in [1.54, 1.807) is 6.08 Å². The van der Waals surface area contributed by atoms with Crippen LogP contribution < -0.4 is 0 Å². The number of aliphatic hydroxyl groups excluding tert-OH is 1. The molecule has 0 saturated heterocycles. The van der Waals surface area contributed by atoms with Crippen molar-refractivity contribution in [3.05, 3.63) is 58.7 Å². The van der Waals surface area contributed by atoms with E-state index in [9.17, 15) is 5.11 Å². The Kier molecular flexibility index (Phi) is 10.6. The molecule has 0 bridgehead atoms. The highest BCUT2D eigenvalue weighted by atomic mass is 16.6.